The van der Waals surface area contributed by atoms with E-state index in [1.807, 2.05) is 19.1 Å². The lowest BCUT2D eigenvalue weighted by Crippen LogP contribution is -2.33. The van der Waals surface area contributed by atoms with Crippen molar-refractivity contribution in [3.63, 3.8) is 0 Å². The fourth-order valence-corrected chi connectivity index (χ4v) is 1.78. The first-order chi connectivity index (χ1) is 9.00. The van der Waals surface area contributed by atoms with Gasteiger partial charge >= 0.3 is 6.98 Å². The Bertz CT molecular complexity index is 605. The van der Waals surface area contributed by atoms with Crippen LogP contribution in [0.1, 0.15) is 6.92 Å². The Morgan fingerprint density at radius 3 is 2.42 bits per heavy atom. The molecule has 0 amide bonds. The average Bonchev–Trinajstić information content (AvgIpc) is 2.37. The first-order valence-corrected chi connectivity index (χ1v) is 5.98. The molecule has 2 aromatic rings. The van der Waals surface area contributed by atoms with E-state index in [0.717, 1.165) is 11.5 Å². The van der Waals surface area contributed by atoms with Crippen LogP contribution in [0, 0.1) is 0 Å². The molecule has 0 spiro atoms. The summed E-state index contributed by atoms with van der Waals surface area (Å²) in [4.78, 5) is 0. The zero-order valence-electron chi connectivity index (χ0n) is 10.4. The van der Waals surface area contributed by atoms with E-state index in [0.29, 0.717) is 17.7 Å². The van der Waals surface area contributed by atoms with Gasteiger partial charge < -0.3 is 17.7 Å². The smallest absolute Gasteiger partial charge is 0.490 e. The van der Waals surface area contributed by atoms with Crippen LogP contribution in [-0.4, -0.2) is 13.6 Å². The lowest BCUT2D eigenvalue weighted by atomic mass is 9.79. The maximum Gasteiger partial charge on any atom is 0.509 e. The Kier molecular flexibility index (Phi) is 3.83. The largest absolute Gasteiger partial charge is 0.509 e. The monoisotopic (exact) mass is 265 g/mol. The highest BCUT2D eigenvalue weighted by atomic mass is 19.4. The van der Waals surface area contributed by atoms with Gasteiger partial charge in [0.05, 0.1) is 0 Å². The van der Waals surface area contributed by atoms with Crippen molar-refractivity contribution in [2.75, 3.05) is 6.61 Å². The zero-order valence-corrected chi connectivity index (χ0v) is 10.4. The molecule has 19 heavy (non-hydrogen) atoms. The highest BCUT2D eigenvalue weighted by Gasteiger charge is 2.25. The van der Waals surface area contributed by atoms with Crippen molar-refractivity contribution >= 4 is 23.2 Å². The zero-order chi connectivity index (χ0) is 13.9. The number of allylic oxidation sites excluding steroid dienone is 1. The van der Waals surface area contributed by atoms with Gasteiger partial charge in [0.2, 0.25) is 0 Å². The van der Waals surface area contributed by atoms with Crippen molar-refractivity contribution < 1.29 is 17.7 Å². The summed E-state index contributed by atoms with van der Waals surface area (Å²) in [6.07, 6.45) is 3.73. The SMILES string of the molecule is CC=CCOc1ccc2cc([B-](F)(F)F)ccc2c1. The van der Waals surface area contributed by atoms with Crippen LogP contribution in [-0.2, 0) is 0 Å². The van der Waals surface area contributed by atoms with E-state index in [-0.39, 0.29) is 0 Å². The Hall–Kier alpha value is -1.91. The fourth-order valence-electron chi connectivity index (χ4n) is 1.78. The van der Waals surface area contributed by atoms with E-state index in [1.54, 1.807) is 18.2 Å². The van der Waals surface area contributed by atoms with E-state index in [4.69, 9.17) is 4.74 Å². The molecular weight excluding hydrogens is 252 g/mol. The Morgan fingerprint density at radius 1 is 1.05 bits per heavy atom. The van der Waals surface area contributed by atoms with Gasteiger partial charge in [-0.15, -0.1) is 5.46 Å². The molecule has 2 rings (SSSR count). The minimum atomic E-state index is -4.95. The summed E-state index contributed by atoms with van der Waals surface area (Å²) in [5.74, 6) is 0.649. The molecule has 0 saturated heterocycles. The summed E-state index contributed by atoms with van der Waals surface area (Å²) in [6, 6.07) is 8.82. The number of fused-ring (bicyclic) bond motifs is 1. The molecule has 0 fully saturated rings. The summed E-state index contributed by atoms with van der Waals surface area (Å²) in [6.45, 7) is -2.61. The molecule has 0 aliphatic carbocycles. The topological polar surface area (TPSA) is 9.23 Å². The third-order valence-electron chi connectivity index (χ3n) is 2.80. The summed E-state index contributed by atoms with van der Waals surface area (Å²) < 4.78 is 43.3. The van der Waals surface area contributed by atoms with Crippen molar-refractivity contribution in [3.8, 4) is 5.75 Å². The van der Waals surface area contributed by atoms with Gasteiger partial charge in [-0.05, 0) is 29.8 Å². The van der Waals surface area contributed by atoms with Crippen LogP contribution >= 0.6 is 0 Å². The number of ether oxygens (including phenoxy) is 1. The molecule has 0 heterocycles. The molecule has 5 heteroatoms. The maximum atomic E-state index is 12.6. The van der Waals surface area contributed by atoms with Crippen LogP contribution in [0.15, 0.2) is 48.6 Å². The molecule has 0 bridgehead atoms. The molecule has 0 unspecified atom stereocenters. The minimum Gasteiger partial charge on any atom is -0.490 e. The van der Waals surface area contributed by atoms with Crippen LogP contribution in [0.3, 0.4) is 0 Å². The van der Waals surface area contributed by atoms with Crippen molar-refractivity contribution in [1.29, 1.82) is 0 Å². The highest BCUT2D eigenvalue weighted by Crippen LogP contribution is 2.21. The van der Waals surface area contributed by atoms with Crippen LogP contribution in [0.5, 0.6) is 5.75 Å². The van der Waals surface area contributed by atoms with E-state index in [1.165, 1.54) is 12.1 Å². The standard InChI is InChI=1S/C14H13BF3O/c1-2-3-8-19-14-7-5-11-9-13(15(16,17)18)6-4-12(11)10-14/h2-7,9-10H,8H2,1H3/q-1. The second kappa shape index (κ2) is 5.39. The number of halogens is 3. The quantitative estimate of drug-likeness (QED) is 0.602. The second-order valence-electron chi connectivity index (χ2n) is 4.22. The predicted molar refractivity (Wildman–Crippen MR) is 73.0 cm³/mol. The summed E-state index contributed by atoms with van der Waals surface area (Å²) in [5.41, 5.74) is -0.574. The van der Waals surface area contributed by atoms with Crippen molar-refractivity contribution in [3.05, 3.63) is 48.6 Å². The van der Waals surface area contributed by atoms with Gasteiger partial charge in [-0.3, -0.25) is 0 Å². The minimum absolute atomic E-state index is 0.450. The molecule has 0 atom stereocenters. The van der Waals surface area contributed by atoms with E-state index >= 15 is 0 Å². The molecule has 100 valence electrons. The van der Waals surface area contributed by atoms with Gasteiger partial charge in [0.15, 0.2) is 0 Å². The Morgan fingerprint density at radius 2 is 1.74 bits per heavy atom. The summed E-state index contributed by atoms with van der Waals surface area (Å²) >= 11 is 0. The third-order valence-corrected chi connectivity index (χ3v) is 2.80. The molecule has 2 aromatic carbocycles. The first kappa shape index (κ1) is 13.5. The third kappa shape index (κ3) is 3.31. The van der Waals surface area contributed by atoms with Crippen LogP contribution in [0.4, 0.5) is 12.9 Å². The van der Waals surface area contributed by atoms with Gasteiger partial charge in [-0.2, -0.15) is 0 Å². The van der Waals surface area contributed by atoms with Crippen molar-refractivity contribution in [2.45, 2.75) is 6.92 Å². The number of hydrogen-bond acceptors (Lipinski definition) is 1. The number of hydrogen-bond donors (Lipinski definition) is 0. The van der Waals surface area contributed by atoms with Gasteiger partial charge in [0.1, 0.15) is 12.4 Å². The lowest BCUT2D eigenvalue weighted by Gasteiger charge is -2.15. The van der Waals surface area contributed by atoms with Crippen LogP contribution in [0.25, 0.3) is 10.8 Å². The van der Waals surface area contributed by atoms with E-state index < -0.39 is 12.4 Å². The fraction of sp³-hybridized carbons (Fsp3) is 0.143. The molecule has 1 nitrogen and oxygen atoms in total. The molecule has 0 aromatic heterocycles. The normalized spacial score (nSPS) is 12.2. The van der Waals surface area contributed by atoms with Crippen LogP contribution in [0.2, 0.25) is 0 Å². The summed E-state index contributed by atoms with van der Waals surface area (Å²) in [7, 11) is 0. The van der Waals surface area contributed by atoms with Gasteiger partial charge in [0.25, 0.3) is 0 Å². The average molecular weight is 265 g/mol. The highest BCUT2D eigenvalue weighted by molar-refractivity contribution is 6.73. The maximum absolute atomic E-state index is 12.6. The van der Waals surface area contributed by atoms with Gasteiger partial charge in [-0.25, -0.2) is 0 Å². The lowest BCUT2D eigenvalue weighted by molar-refractivity contribution is 0.363. The molecule has 0 radical (unpaired) electrons. The molecular formula is C14H13BF3O-. The van der Waals surface area contributed by atoms with E-state index in [2.05, 4.69) is 0 Å². The van der Waals surface area contributed by atoms with Crippen molar-refractivity contribution in [2.24, 2.45) is 0 Å². The molecule has 0 aliphatic heterocycles. The molecule has 0 N–H and O–H groups in total. The van der Waals surface area contributed by atoms with Crippen molar-refractivity contribution in [1.82, 2.24) is 0 Å². The first-order valence-electron chi connectivity index (χ1n) is 5.98. The second-order valence-corrected chi connectivity index (χ2v) is 4.22. The van der Waals surface area contributed by atoms with Gasteiger partial charge in [-0.1, -0.05) is 36.4 Å². The molecule has 0 saturated carbocycles. The Labute approximate surface area is 109 Å². The summed E-state index contributed by atoms with van der Waals surface area (Å²) in [5, 5.41) is 1.30. The number of benzene rings is 2. The van der Waals surface area contributed by atoms with E-state index in [9.17, 15) is 12.9 Å². The van der Waals surface area contributed by atoms with Gasteiger partial charge in [0, 0.05) is 0 Å². The van der Waals surface area contributed by atoms with Crippen LogP contribution < -0.4 is 10.2 Å². The Balaban J connectivity index is 2.30. The molecule has 0 aliphatic rings. The number of rotatable bonds is 4. The predicted octanol–water partition coefficient (Wildman–Crippen LogP) is 3.85.